The first-order valence-electron chi connectivity index (χ1n) is 6.04. The lowest BCUT2D eigenvalue weighted by Gasteiger charge is -2.12. The zero-order chi connectivity index (χ0) is 13.8. The highest BCUT2D eigenvalue weighted by molar-refractivity contribution is 5.84. The lowest BCUT2D eigenvalue weighted by molar-refractivity contribution is -0.141. The number of hydrogen-bond donors (Lipinski definition) is 1. The molecule has 0 aliphatic carbocycles. The first-order chi connectivity index (χ1) is 9.13. The van der Waals surface area contributed by atoms with Gasteiger partial charge in [-0.3, -0.25) is 4.79 Å². The summed E-state index contributed by atoms with van der Waals surface area (Å²) in [5.41, 5.74) is 6.91. The molecule has 0 radical (unpaired) electrons. The van der Waals surface area contributed by atoms with Gasteiger partial charge in [0.25, 0.3) is 0 Å². The van der Waals surface area contributed by atoms with Crippen molar-refractivity contribution in [1.82, 2.24) is 0 Å². The number of nitrogens with two attached hydrogens (primary N) is 1. The Kier molecular flexibility index (Phi) is 4.02. The molecule has 0 saturated heterocycles. The number of benzene rings is 2. The van der Waals surface area contributed by atoms with E-state index in [2.05, 4.69) is 4.74 Å². The Morgan fingerprint density at radius 1 is 1.16 bits per heavy atom. The summed E-state index contributed by atoms with van der Waals surface area (Å²) in [5.74, 6) is 0.515. The highest BCUT2D eigenvalue weighted by Gasteiger charge is 2.12. The number of methoxy groups -OCH3 is 2. The van der Waals surface area contributed by atoms with E-state index in [4.69, 9.17) is 10.5 Å². The van der Waals surface area contributed by atoms with E-state index in [0.29, 0.717) is 0 Å². The summed E-state index contributed by atoms with van der Waals surface area (Å²) in [5, 5.41) is 2.15. The number of rotatable bonds is 4. The van der Waals surface area contributed by atoms with Crippen LogP contribution in [0.3, 0.4) is 0 Å². The molecule has 0 spiro atoms. The summed E-state index contributed by atoms with van der Waals surface area (Å²) in [4.78, 5) is 11.2. The molecule has 19 heavy (non-hydrogen) atoms. The molecule has 2 rings (SSSR count). The van der Waals surface area contributed by atoms with Crippen LogP contribution in [-0.2, 0) is 9.53 Å². The van der Waals surface area contributed by atoms with E-state index in [1.54, 1.807) is 7.11 Å². The van der Waals surface area contributed by atoms with Gasteiger partial charge >= 0.3 is 5.97 Å². The summed E-state index contributed by atoms with van der Waals surface area (Å²) >= 11 is 0. The second kappa shape index (κ2) is 5.71. The first-order valence-corrected chi connectivity index (χ1v) is 6.04. The molecular weight excluding hydrogens is 242 g/mol. The summed E-state index contributed by atoms with van der Waals surface area (Å²) in [6.07, 6.45) is 0.179. The monoisotopic (exact) mass is 259 g/mol. The third-order valence-electron chi connectivity index (χ3n) is 3.11. The minimum absolute atomic E-state index is 0.179. The topological polar surface area (TPSA) is 61.5 Å². The first kappa shape index (κ1) is 13.4. The Labute approximate surface area is 112 Å². The van der Waals surface area contributed by atoms with Gasteiger partial charge in [0.15, 0.2) is 0 Å². The third kappa shape index (κ3) is 3.03. The van der Waals surface area contributed by atoms with Crippen molar-refractivity contribution in [3.05, 3.63) is 42.0 Å². The van der Waals surface area contributed by atoms with Crippen molar-refractivity contribution in [2.24, 2.45) is 5.73 Å². The maximum Gasteiger partial charge on any atom is 0.307 e. The zero-order valence-electron chi connectivity index (χ0n) is 11.1. The normalized spacial score (nSPS) is 12.2. The second-order valence-corrected chi connectivity index (χ2v) is 4.36. The standard InChI is InChI=1S/C15H17NO3/c1-18-13-6-5-10-7-12(4-3-11(10)8-13)14(16)9-15(17)19-2/h3-8,14H,9,16H2,1-2H3. The second-order valence-electron chi connectivity index (χ2n) is 4.36. The van der Waals surface area contributed by atoms with Gasteiger partial charge in [0.05, 0.1) is 20.6 Å². The smallest absolute Gasteiger partial charge is 0.307 e. The quantitative estimate of drug-likeness (QED) is 0.856. The van der Waals surface area contributed by atoms with Gasteiger partial charge in [0, 0.05) is 6.04 Å². The Morgan fingerprint density at radius 3 is 2.53 bits per heavy atom. The molecule has 4 nitrogen and oxygen atoms in total. The van der Waals surface area contributed by atoms with E-state index in [1.807, 2.05) is 36.4 Å². The molecule has 2 aromatic rings. The minimum atomic E-state index is -0.348. The fourth-order valence-electron chi connectivity index (χ4n) is 1.98. The van der Waals surface area contributed by atoms with Crippen molar-refractivity contribution in [2.45, 2.75) is 12.5 Å². The van der Waals surface area contributed by atoms with E-state index >= 15 is 0 Å². The molecule has 0 bridgehead atoms. The summed E-state index contributed by atoms with van der Waals surface area (Å²) in [6.45, 7) is 0. The highest BCUT2D eigenvalue weighted by atomic mass is 16.5. The zero-order valence-corrected chi connectivity index (χ0v) is 11.1. The molecule has 0 aliphatic rings. The van der Waals surface area contributed by atoms with Gasteiger partial charge in [0.1, 0.15) is 5.75 Å². The van der Waals surface area contributed by atoms with Crippen molar-refractivity contribution in [1.29, 1.82) is 0 Å². The van der Waals surface area contributed by atoms with E-state index in [9.17, 15) is 4.79 Å². The molecule has 0 amide bonds. The van der Waals surface area contributed by atoms with Gasteiger partial charge in [-0.05, 0) is 34.5 Å². The van der Waals surface area contributed by atoms with Crippen LogP contribution in [0.2, 0.25) is 0 Å². The summed E-state index contributed by atoms with van der Waals surface area (Å²) in [6, 6.07) is 11.4. The predicted molar refractivity (Wildman–Crippen MR) is 74.1 cm³/mol. The van der Waals surface area contributed by atoms with Crippen LogP contribution in [0.1, 0.15) is 18.0 Å². The molecule has 0 aromatic heterocycles. The van der Waals surface area contributed by atoms with Gasteiger partial charge in [-0.2, -0.15) is 0 Å². The number of hydrogen-bond acceptors (Lipinski definition) is 4. The third-order valence-corrected chi connectivity index (χ3v) is 3.11. The molecule has 4 heteroatoms. The predicted octanol–water partition coefficient (Wildman–Crippen LogP) is 2.41. The van der Waals surface area contributed by atoms with Crippen LogP contribution in [0.5, 0.6) is 5.75 Å². The van der Waals surface area contributed by atoms with Gasteiger partial charge in [0.2, 0.25) is 0 Å². The van der Waals surface area contributed by atoms with Gasteiger partial charge in [-0.1, -0.05) is 18.2 Å². The van der Waals surface area contributed by atoms with Gasteiger partial charge < -0.3 is 15.2 Å². The molecule has 2 aromatic carbocycles. The van der Waals surface area contributed by atoms with Crippen molar-refractivity contribution >= 4 is 16.7 Å². The molecule has 1 atom stereocenters. The van der Waals surface area contributed by atoms with Crippen molar-refractivity contribution < 1.29 is 14.3 Å². The highest BCUT2D eigenvalue weighted by Crippen LogP contribution is 2.24. The van der Waals surface area contributed by atoms with Crippen molar-refractivity contribution in [2.75, 3.05) is 14.2 Å². The minimum Gasteiger partial charge on any atom is -0.497 e. The lowest BCUT2D eigenvalue weighted by atomic mass is 10.0. The lowest BCUT2D eigenvalue weighted by Crippen LogP contribution is -2.16. The molecule has 0 aliphatic heterocycles. The van der Waals surface area contributed by atoms with Crippen LogP contribution >= 0.6 is 0 Å². The SMILES string of the molecule is COC(=O)CC(N)c1ccc2cc(OC)ccc2c1. The Balaban J connectivity index is 2.28. The van der Waals surface area contributed by atoms with Crippen LogP contribution in [0, 0.1) is 0 Å². The fourth-order valence-corrected chi connectivity index (χ4v) is 1.98. The Morgan fingerprint density at radius 2 is 1.84 bits per heavy atom. The number of esters is 1. The molecule has 0 fully saturated rings. The molecule has 1 unspecified atom stereocenters. The Hall–Kier alpha value is -2.07. The molecule has 2 N–H and O–H groups in total. The van der Waals surface area contributed by atoms with Crippen LogP contribution < -0.4 is 10.5 Å². The van der Waals surface area contributed by atoms with Crippen LogP contribution in [0.15, 0.2) is 36.4 Å². The van der Waals surface area contributed by atoms with E-state index in [1.165, 1.54) is 7.11 Å². The fraction of sp³-hybridized carbons (Fsp3) is 0.267. The van der Waals surface area contributed by atoms with Crippen LogP contribution in [0.4, 0.5) is 0 Å². The average Bonchev–Trinajstić information content (AvgIpc) is 2.45. The average molecular weight is 259 g/mol. The number of carbonyl (C=O) groups is 1. The van der Waals surface area contributed by atoms with Crippen molar-refractivity contribution in [3.8, 4) is 5.75 Å². The molecule has 0 saturated carbocycles. The van der Waals surface area contributed by atoms with Gasteiger partial charge in [-0.15, -0.1) is 0 Å². The number of ether oxygens (including phenoxy) is 2. The summed E-state index contributed by atoms with van der Waals surface area (Å²) < 4.78 is 9.81. The largest absolute Gasteiger partial charge is 0.497 e. The number of fused-ring (bicyclic) bond motifs is 1. The molecular formula is C15H17NO3. The number of carbonyl (C=O) groups excluding carboxylic acids is 1. The van der Waals surface area contributed by atoms with Gasteiger partial charge in [-0.25, -0.2) is 0 Å². The Bertz CT molecular complexity index is 595. The van der Waals surface area contributed by atoms with Crippen LogP contribution in [-0.4, -0.2) is 20.2 Å². The van der Waals surface area contributed by atoms with E-state index in [0.717, 1.165) is 22.1 Å². The molecule has 0 heterocycles. The van der Waals surface area contributed by atoms with E-state index in [-0.39, 0.29) is 18.4 Å². The summed E-state index contributed by atoms with van der Waals surface area (Å²) in [7, 11) is 3.00. The van der Waals surface area contributed by atoms with Crippen LogP contribution in [0.25, 0.3) is 10.8 Å². The van der Waals surface area contributed by atoms with Crippen molar-refractivity contribution in [3.63, 3.8) is 0 Å². The maximum atomic E-state index is 11.2. The van der Waals surface area contributed by atoms with E-state index < -0.39 is 0 Å². The maximum absolute atomic E-state index is 11.2. The molecule has 100 valence electrons.